The highest BCUT2D eigenvalue weighted by Crippen LogP contribution is 2.43. The van der Waals surface area contributed by atoms with Gasteiger partial charge in [-0.1, -0.05) is 310 Å². The van der Waals surface area contributed by atoms with Crippen LogP contribution in [0.3, 0.4) is 0 Å². The molecule has 0 aliphatic heterocycles. The lowest BCUT2D eigenvalue weighted by Crippen LogP contribution is -2.11. The maximum absolute atomic E-state index is 11.9. The first-order valence-electron chi connectivity index (χ1n) is 40.4. The van der Waals surface area contributed by atoms with Gasteiger partial charge in [0, 0.05) is 26.4 Å². The average Bonchev–Trinajstić information content (AvgIpc) is 2.55. The molecule has 0 radical (unpaired) electrons. The van der Waals surface area contributed by atoms with Crippen LogP contribution < -0.4 is 11.5 Å². The van der Waals surface area contributed by atoms with Gasteiger partial charge >= 0.3 is 15.6 Å². The minimum atomic E-state index is -4.09. The lowest BCUT2D eigenvalue weighted by atomic mass is 10.1. The van der Waals surface area contributed by atoms with E-state index in [1.165, 1.54) is 295 Å². The molecule has 0 heterocycles. The third-order valence-electron chi connectivity index (χ3n) is 16.6. The number of nitrogens with two attached hydrogens (primary N) is 2. The number of rotatable bonds is 83. The molecule has 0 bridgehead atoms. The Morgan fingerprint density at radius 3 is 0.469 bits per heavy atom. The van der Waals surface area contributed by atoms with Crippen LogP contribution in [0.1, 0.15) is 349 Å². The fourth-order valence-electron chi connectivity index (χ4n) is 10.7. The van der Waals surface area contributed by atoms with Crippen LogP contribution in [0, 0.1) is 0 Å². The Morgan fingerprint density at radius 1 is 0.188 bits per heavy atom. The summed E-state index contributed by atoms with van der Waals surface area (Å²) in [5.41, 5.74) is 10.9. The Labute approximate surface area is 593 Å². The highest BCUT2D eigenvalue weighted by Gasteiger charge is 2.21. The van der Waals surface area contributed by atoms with E-state index >= 15 is 0 Å². The summed E-state index contributed by atoms with van der Waals surface area (Å²) < 4.78 is 87.3. The van der Waals surface area contributed by atoms with Crippen LogP contribution in [-0.2, 0) is 65.1 Å². The molecular formula is C76H162N2O16P2. The number of phosphoric acid groups is 2. The maximum Gasteiger partial charge on any atom is 0.472 e. The molecular weight excluding hydrogens is 1260 g/mol. The Hall–Kier alpha value is -0.180. The van der Waals surface area contributed by atoms with Gasteiger partial charge in [-0.3, -0.25) is 18.1 Å². The van der Waals surface area contributed by atoms with Crippen LogP contribution in [0.2, 0.25) is 0 Å². The highest BCUT2D eigenvalue weighted by molar-refractivity contribution is 7.47. The van der Waals surface area contributed by atoms with Gasteiger partial charge in [0.2, 0.25) is 0 Å². The number of phosphoric ester groups is 2. The molecule has 0 aliphatic carbocycles. The lowest BCUT2D eigenvalue weighted by Gasteiger charge is -2.12. The summed E-state index contributed by atoms with van der Waals surface area (Å²) in [5, 5.41) is 0. The third-order valence-corrected chi connectivity index (χ3v) is 18.7. The van der Waals surface area contributed by atoms with E-state index in [2.05, 4.69) is 27.7 Å². The standard InChI is InChI=1S/2C32H67O8P.C12H28N2/c2*1-3-5-7-9-11-13-15-17-19-21-23-35-25-27-37-29-31-39-41(33,34)40-32-30-38-28-26-36-24-22-20-18-16-14-12-10-8-6-4-2;13-11-9-7-5-3-1-2-4-6-8-10-12-14/h2*3-32H2,1-2H3,(H,33,34);1-14H2. The van der Waals surface area contributed by atoms with Crippen molar-refractivity contribution in [2.24, 2.45) is 11.5 Å². The van der Waals surface area contributed by atoms with E-state index in [0.29, 0.717) is 52.9 Å². The zero-order chi connectivity index (χ0) is 70.4. The van der Waals surface area contributed by atoms with Crippen molar-refractivity contribution >= 4 is 15.6 Å². The zero-order valence-electron chi connectivity index (χ0n) is 63.6. The van der Waals surface area contributed by atoms with E-state index in [-0.39, 0.29) is 52.9 Å². The van der Waals surface area contributed by atoms with E-state index in [1.54, 1.807) is 0 Å². The Kier molecular flexibility index (Phi) is 94.7. The first-order chi connectivity index (χ1) is 47.2. The molecule has 0 fully saturated rings. The maximum atomic E-state index is 11.9. The molecule has 0 unspecified atom stereocenters. The van der Waals surface area contributed by atoms with Crippen LogP contribution in [-0.4, -0.2) is 155 Å². The van der Waals surface area contributed by atoms with Crippen molar-refractivity contribution in [3.63, 3.8) is 0 Å². The summed E-state index contributed by atoms with van der Waals surface area (Å²) in [4.78, 5) is 19.4. The van der Waals surface area contributed by atoms with Crippen LogP contribution in [0.5, 0.6) is 0 Å². The van der Waals surface area contributed by atoms with E-state index in [9.17, 15) is 18.9 Å². The summed E-state index contributed by atoms with van der Waals surface area (Å²) in [7, 11) is -8.19. The third kappa shape index (κ3) is 98.0. The average molecular weight is 1420 g/mol. The molecule has 0 saturated heterocycles. The second kappa shape index (κ2) is 90.9. The fourth-order valence-corrected chi connectivity index (χ4v) is 12.0. The summed E-state index contributed by atoms with van der Waals surface area (Å²) in [6.45, 7) is 18.4. The summed E-state index contributed by atoms with van der Waals surface area (Å²) in [6.07, 6.45) is 65.8. The quantitative estimate of drug-likeness (QED) is 0.0327. The highest BCUT2D eigenvalue weighted by atomic mass is 31.2. The normalized spacial score (nSPS) is 11.8. The molecule has 0 aliphatic rings. The van der Waals surface area contributed by atoms with Gasteiger partial charge in [0.1, 0.15) is 0 Å². The summed E-state index contributed by atoms with van der Waals surface area (Å²) >= 11 is 0. The SMILES string of the molecule is CCCCCCCCCCCCOCCOCCOP(=O)(O)OCCOCCOCCCCCCCCCCCC.CCCCCCCCCCCCOCCOCCOP(=O)(O)OCCOCCOCCCCCCCCCCCC.NCCCCCCCCCCCCN. The molecule has 20 heteroatoms. The topological polar surface area (TPSA) is 237 Å². The van der Waals surface area contributed by atoms with Gasteiger partial charge in [0.25, 0.3) is 0 Å². The smallest absolute Gasteiger partial charge is 0.379 e. The van der Waals surface area contributed by atoms with Crippen LogP contribution >= 0.6 is 15.6 Å². The largest absolute Gasteiger partial charge is 0.472 e. The van der Waals surface area contributed by atoms with Crippen LogP contribution in [0.25, 0.3) is 0 Å². The van der Waals surface area contributed by atoms with Gasteiger partial charge in [-0.25, -0.2) is 9.13 Å². The van der Waals surface area contributed by atoms with E-state index in [1.807, 2.05) is 0 Å². The number of hydrogen-bond donors (Lipinski definition) is 4. The Balaban J connectivity index is -0.00000150. The molecule has 0 rings (SSSR count). The van der Waals surface area contributed by atoms with E-state index in [4.69, 9.17) is 67.5 Å². The first-order valence-corrected chi connectivity index (χ1v) is 43.4. The van der Waals surface area contributed by atoms with E-state index in [0.717, 1.165) is 65.2 Å². The zero-order valence-corrected chi connectivity index (χ0v) is 65.4. The molecule has 0 saturated carbocycles. The van der Waals surface area contributed by atoms with Gasteiger partial charge in [-0.2, -0.15) is 0 Å². The van der Waals surface area contributed by atoms with Gasteiger partial charge in [-0.05, 0) is 51.6 Å². The fraction of sp³-hybridized carbons (Fsp3) is 1.00. The van der Waals surface area contributed by atoms with Crippen molar-refractivity contribution in [2.45, 2.75) is 349 Å². The van der Waals surface area contributed by atoms with Crippen molar-refractivity contribution in [1.82, 2.24) is 0 Å². The lowest BCUT2D eigenvalue weighted by molar-refractivity contribution is 0.0192. The van der Waals surface area contributed by atoms with Gasteiger partial charge in [0.05, 0.1) is 106 Å². The minimum Gasteiger partial charge on any atom is -0.379 e. The van der Waals surface area contributed by atoms with Crippen molar-refractivity contribution in [2.75, 3.05) is 145 Å². The van der Waals surface area contributed by atoms with Gasteiger partial charge < -0.3 is 59.1 Å². The van der Waals surface area contributed by atoms with Gasteiger partial charge in [0.15, 0.2) is 0 Å². The van der Waals surface area contributed by atoms with Crippen molar-refractivity contribution in [1.29, 1.82) is 0 Å². The molecule has 0 aromatic heterocycles. The van der Waals surface area contributed by atoms with E-state index < -0.39 is 15.6 Å². The molecule has 0 atom stereocenters. The van der Waals surface area contributed by atoms with Crippen molar-refractivity contribution < 1.29 is 74.9 Å². The van der Waals surface area contributed by atoms with Crippen molar-refractivity contribution in [3.8, 4) is 0 Å². The first kappa shape index (κ1) is 100.0. The Morgan fingerprint density at radius 2 is 0.312 bits per heavy atom. The number of hydrogen-bond acceptors (Lipinski definition) is 16. The predicted molar refractivity (Wildman–Crippen MR) is 402 cm³/mol. The summed E-state index contributed by atoms with van der Waals surface area (Å²) in [5.74, 6) is 0. The molecule has 582 valence electrons. The van der Waals surface area contributed by atoms with Crippen LogP contribution in [0.4, 0.5) is 0 Å². The second-order valence-corrected chi connectivity index (χ2v) is 28.9. The molecule has 96 heavy (non-hydrogen) atoms. The number of unbranched alkanes of at least 4 members (excludes halogenated alkanes) is 45. The van der Waals surface area contributed by atoms with Crippen molar-refractivity contribution in [3.05, 3.63) is 0 Å². The molecule has 0 spiro atoms. The minimum absolute atomic E-state index is 0.0140. The molecule has 0 aromatic rings. The second-order valence-electron chi connectivity index (χ2n) is 26.0. The monoisotopic (exact) mass is 1420 g/mol. The van der Waals surface area contributed by atoms with Gasteiger partial charge in [-0.15, -0.1) is 0 Å². The molecule has 18 nitrogen and oxygen atoms in total. The predicted octanol–water partition coefficient (Wildman–Crippen LogP) is 20.9. The molecule has 0 aromatic carbocycles. The number of ether oxygens (including phenoxy) is 8. The Bertz CT molecular complexity index is 1280. The summed E-state index contributed by atoms with van der Waals surface area (Å²) in [6, 6.07) is 0. The van der Waals surface area contributed by atoms with Crippen LogP contribution in [0.15, 0.2) is 0 Å². The molecule has 0 amide bonds. The molecule has 6 N–H and O–H groups in total.